The first-order valence-corrected chi connectivity index (χ1v) is 8.13. The van der Waals surface area contributed by atoms with E-state index in [1.165, 1.54) is 5.56 Å². The number of fused-ring (bicyclic) bond motifs is 1. The van der Waals surface area contributed by atoms with Gasteiger partial charge in [-0.05, 0) is 61.2 Å². The maximum absolute atomic E-state index is 13.3. The molecule has 0 aliphatic rings. The van der Waals surface area contributed by atoms with Gasteiger partial charge in [0, 0.05) is 11.1 Å². The molecule has 0 aromatic heterocycles. The molecule has 3 rings (SSSR count). The summed E-state index contributed by atoms with van der Waals surface area (Å²) in [5, 5.41) is 2.10. The minimum Gasteiger partial charge on any atom is -0.496 e. The molecule has 0 radical (unpaired) electrons. The lowest BCUT2D eigenvalue weighted by Crippen LogP contribution is -2.09. The number of benzene rings is 3. The van der Waals surface area contributed by atoms with Gasteiger partial charge in [-0.3, -0.25) is 4.79 Å². The Balaban J connectivity index is 2.23. The highest BCUT2D eigenvalue weighted by Gasteiger charge is 2.20. The zero-order valence-corrected chi connectivity index (χ0v) is 14.9. The van der Waals surface area contributed by atoms with Crippen LogP contribution >= 0.6 is 0 Å². The van der Waals surface area contributed by atoms with Crippen LogP contribution in [0.5, 0.6) is 5.75 Å². The van der Waals surface area contributed by atoms with Gasteiger partial charge < -0.3 is 4.74 Å². The van der Waals surface area contributed by atoms with Crippen LogP contribution in [0.25, 0.3) is 10.8 Å². The highest BCUT2D eigenvalue weighted by molar-refractivity contribution is 6.17. The second-order valence-electron chi connectivity index (χ2n) is 6.38. The molecule has 0 atom stereocenters. The fourth-order valence-electron chi connectivity index (χ4n) is 3.34. The van der Waals surface area contributed by atoms with Crippen LogP contribution < -0.4 is 4.74 Å². The quantitative estimate of drug-likeness (QED) is 0.611. The zero-order valence-electron chi connectivity index (χ0n) is 14.9. The summed E-state index contributed by atoms with van der Waals surface area (Å²) in [5.74, 6) is 0.903. The van der Waals surface area contributed by atoms with Gasteiger partial charge in [-0.2, -0.15) is 0 Å². The number of carbonyl (C=O) groups excluding carboxylic acids is 1. The lowest BCUT2D eigenvalue weighted by Gasteiger charge is -2.16. The Kier molecular flexibility index (Phi) is 4.15. The molecule has 2 heteroatoms. The van der Waals surface area contributed by atoms with Gasteiger partial charge in [0.05, 0.1) is 7.11 Å². The third-order valence-electron chi connectivity index (χ3n) is 4.78. The van der Waals surface area contributed by atoms with Crippen molar-refractivity contribution in [1.29, 1.82) is 0 Å². The molecule has 0 saturated heterocycles. The number of methoxy groups -OCH3 is 1. The molecule has 0 fully saturated rings. The van der Waals surface area contributed by atoms with Gasteiger partial charge in [-0.25, -0.2) is 0 Å². The summed E-state index contributed by atoms with van der Waals surface area (Å²) < 4.78 is 5.42. The smallest absolute Gasteiger partial charge is 0.194 e. The van der Waals surface area contributed by atoms with Crippen LogP contribution in [-0.4, -0.2) is 12.9 Å². The second kappa shape index (κ2) is 6.12. The molecule has 0 heterocycles. The van der Waals surface area contributed by atoms with Crippen molar-refractivity contribution in [3.63, 3.8) is 0 Å². The van der Waals surface area contributed by atoms with E-state index in [-0.39, 0.29) is 5.78 Å². The summed E-state index contributed by atoms with van der Waals surface area (Å²) in [6, 6.07) is 14.1. The largest absolute Gasteiger partial charge is 0.496 e. The molecule has 24 heavy (non-hydrogen) atoms. The summed E-state index contributed by atoms with van der Waals surface area (Å²) in [6.45, 7) is 8.02. The van der Waals surface area contributed by atoms with E-state index in [2.05, 4.69) is 25.1 Å². The van der Waals surface area contributed by atoms with Gasteiger partial charge in [-0.1, -0.05) is 42.0 Å². The monoisotopic (exact) mass is 318 g/mol. The summed E-state index contributed by atoms with van der Waals surface area (Å²) in [6.07, 6.45) is 0. The van der Waals surface area contributed by atoms with Crippen LogP contribution in [0.1, 0.15) is 38.2 Å². The van der Waals surface area contributed by atoms with Crippen LogP contribution in [0.2, 0.25) is 0 Å². The maximum atomic E-state index is 13.3. The van der Waals surface area contributed by atoms with Crippen molar-refractivity contribution in [1.82, 2.24) is 0 Å². The molecular weight excluding hydrogens is 296 g/mol. The Morgan fingerprint density at radius 3 is 2.38 bits per heavy atom. The summed E-state index contributed by atoms with van der Waals surface area (Å²) in [4.78, 5) is 13.3. The summed E-state index contributed by atoms with van der Waals surface area (Å²) >= 11 is 0. The van der Waals surface area contributed by atoms with Gasteiger partial charge >= 0.3 is 0 Å². The summed E-state index contributed by atoms with van der Waals surface area (Å²) in [7, 11) is 1.66. The molecule has 2 nitrogen and oxygen atoms in total. The number of aryl methyl sites for hydroxylation is 2. The predicted octanol–water partition coefficient (Wildman–Crippen LogP) is 5.31. The third-order valence-corrected chi connectivity index (χ3v) is 4.78. The van der Waals surface area contributed by atoms with E-state index in [1.807, 2.05) is 45.0 Å². The molecule has 0 amide bonds. The first kappa shape index (κ1) is 16.3. The predicted molar refractivity (Wildman–Crippen MR) is 99.3 cm³/mol. The fraction of sp³-hybridized carbons (Fsp3) is 0.227. The van der Waals surface area contributed by atoms with Crippen LogP contribution in [0.3, 0.4) is 0 Å². The van der Waals surface area contributed by atoms with Crippen molar-refractivity contribution in [3.8, 4) is 5.75 Å². The van der Waals surface area contributed by atoms with E-state index in [1.54, 1.807) is 7.11 Å². The molecule has 0 N–H and O–H groups in total. The van der Waals surface area contributed by atoms with Gasteiger partial charge in [-0.15, -0.1) is 0 Å². The van der Waals surface area contributed by atoms with Crippen molar-refractivity contribution in [3.05, 3.63) is 75.8 Å². The van der Waals surface area contributed by atoms with Crippen molar-refractivity contribution in [2.24, 2.45) is 0 Å². The fourth-order valence-corrected chi connectivity index (χ4v) is 3.34. The van der Waals surface area contributed by atoms with Crippen molar-refractivity contribution < 1.29 is 9.53 Å². The van der Waals surface area contributed by atoms with Crippen LogP contribution in [0, 0.1) is 27.7 Å². The SMILES string of the molecule is COc1cc(C)c(C(=O)c2cccc3cc(C)ccc23)c(C)c1C. The Morgan fingerprint density at radius 2 is 1.67 bits per heavy atom. The molecule has 0 spiro atoms. The average Bonchev–Trinajstić information content (AvgIpc) is 2.57. The maximum Gasteiger partial charge on any atom is 0.194 e. The number of hydrogen-bond acceptors (Lipinski definition) is 2. The molecule has 3 aromatic carbocycles. The Bertz CT molecular complexity index is 952. The Labute approximate surface area is 143 Å². The number of ether oxygens (including phenoxy) is 1. The van der Waals surface area contributed by atoms with E-state index in [4.69, 9.17) is 4.74 Å². The number of carbonyl (C=O) groups is 1. The Morgan fingerprint density at radius 1 is 0.917 bits per heavy atom. The molecule has 122 valence electrons. The highest BCUT2D eigenvalue weighted by atomic mass is 16.5. The second-order valence-corrected chi connectivity index (χ2v) is 6.38. The lowest BCUT2D eigenvalue weighted by molar-refractivity contribution is 0.103. The van der Waals surface area contributed by atoms with E-state index >= 15 is 0 Å². The van der Waals surface area contributed by atoms with Gasteiger partial charge in [0.25, 0.3) is 0 Å². The minimum atomic E-state index is 0.0743. The summed E-state index contributed by atoms with van der Waals surface area (Å²) in [5.41, 5.74) is 5.68. The van der Waals surface area contributed by atoms with E-state index in [0.29, 0.717) is 0 Å². The van der Waals surface area contributed by atoms with Crippen LogP contribution in [0.4, 0.5) is 0 Å². The highest BCUT2D eigenvalue weighted by Crippen LogP contribution is 2.31. The molecule has 0 unspecified atom stereocenters. The van der Waals surface area contributed by atoms with Crippen molar-refractivity contribution in [2.45, 2.75) is 27.7 Å². The third kappa shape index (κ3) is 2.58. The van der Waals surface area contributed by atoms with Gasteiger partial charge in [0.15, 0.2) is 5.78 Å². The molecule has 0 aliphatic carbocycles. The first-order chi connectivity index (χ1) is 11.4. The van der Waals surface area contributed by atoms with Crippen LogP contribution in [-0.2, 0) is 0 Å². The Hall–Kier alpha value is -2.61. The molecule has 0 bridgehead atoms. The van der Waals surface area contributed by atoms with E-state index in [9.17, 15) is 4.79 Å². The van der Waals surface area contributed by atoms with Crippen molar-refractivity contribution >= 4 is 16.6 Å². The average molecular weight is 318 g/mol. The zero-order chi connectivity index (χ0) is 17.4. The van der Waals surface area contributed by atoms with Crippen molar-refractivity contribution in [2.75, 3.05) is 7.11 Å². The number of hydrogen-bond donors (Lipinski definition) is 0. The molecule has 0 saturated carbocycles. The first-order valence-electron chi connectivity index (χ1n) is 8.13. The van der Waals surface area contributed by atoms with E-state index < -0.39 is 0 Å². The number of ketones is 1. The topological polar surface area (TPSA) is 26.3 Å². The molecular formula is C22H22O2. The number of rotatable bonds is 3. The normalized spacial score (nSPS) is 10.9. The minimum absolute atomic E-state index is 0.0743. The van der Waals surface area contributed by atoms with Crippen LogP contribution in [0.15, 0.2) is 42.5 Å². The molecule has 0 aliphatic heterocycles. The van der Waals surface area contributed by atoms with Gasteiger partial charge in [0.1, 0.15) is 5.75 Å². The van der Waals surface area contributed by atoms with Gasteiger partial charge in [0.2, 0.25) is 0 Å². The van der Waals surface area contributed by atoms with E-state index in [0.717, 1.165) is 44.3 Å². The lowest BCUT2D eigenvalue weighted by atomic mass is 9.89. The molecule has 3 aromatic rings. The standard InChI is InChI=1S/C22H22O2/c1-13-9-10-18-17(11-13)7-6-8-19(18)22(23)21-14(2)12-20(24-5)15(3)16(21)4/h6-12H,1-5H3.